The number of hydrogen-bond donors (Lipinski definition) is 0. The topological polar surface area (TPSA) is 76.0 Å². The summed E-state index contributed by atoms with van der Waals surface area (Å²) in [5.74, 6) is -0.372. The number of carbonyl (C=O) groups is 1. The van der Waals surface area contributed by atoms with Crippen molar-refractivity contribution in [1.82, 2.24) is 4.31 Å². The third kappa shape index (κ3) is 4.21. The molecule has 0 saturated heterocycles. The molecule has 142 valence electrons. The molecule has 0 aliphatic carbocycles. The lowest BCUT2D eigenvalue weighted by Gasteiger charge is -2.18. The van der Waals surface area contributed by atoms with Gasteiger partial charge in [-0.2, -0.15) is 4.31 Å². The SMILES string of the molecule is CCN(CC)S(=O)(=O)c1ccc(C2=N/C(=C\c3cc(Br)cs3)C(=O)O2)cc1. The largest absolute Gasteiger partial charge is 0.402 e. The van der Waals surface area contributed by atoms with Gasteiger partial charge < -0.3 is 4.74 Å². The molecule has 0 radical (unpaired) electrons. The second kappa shape index (κ2) is 8.05. The van der Waals surface area contributed by atoms with Crippen LogP contribution in [0.25, 0.3) is 6.08 Å². The molecule has 1 aromatic carbocycles. The molecule has 0 unspecified atom stereocenters. The zero-order valence-electron chi connectivity index (χ0n) is 14.7. The van der Waals surface area contributed by atoms with Crippen LogP contribution in [-0.2, 0) is 19.6 Å². The highest BCUT2D eigenvalue weighted by atomic mass is 79.9. The second-order valence-corrected chi connectivity index (χ2v) is 9.41. The number of esters is 1. The first kappa shape index (κ1) is 19.9. The van der Waals surface area contributed by atoms with E-state index < -0.39 is 16.0 Å². The van der Waals surface area contributed by atoms with E-state index in [-0.39, 0.29) is 16.5 Å². The molecule has 0 atom stereocenters. The molecule has 0 spiro atoms. The number of sulfonamides is 1. The van der Waals surface area contributed by atoms with Crippen LogP contribution in [0.2, 0.25) is 0 Å². The summed E-state index contributed by atoms with van der Waals surface area (Å²) >= 11 is 4.84. The molecular weight excluding hydrogens is 452 g/mol. The van der Waals surface area contributed by atoms with E-state index in [1.165, 1.54) is 27.8 Å². The average molecular weight is 469 g/mol. The molecule has 27 heavy (non-hydrogen) atoms. The maximum atomic E-state index is 12.5. The van der Waals surface area contributed by atoms with Crippen molar-refractivity contribution in [2.45, 2.75) is 18.7 Å². The number of ether oxygens (including phenoxy) is 1. The number of thiophene rings is 1. The van der Waals surface area contributed by atoms with Gasteiger partial charge in [0.2, 0.25) is 15.9 Å². The molecular formula is C18H17BrN2O4S2. The minimum Gasteiger partial charge on any atom is -0.402 e. The van der Waals surface area contributed by atoms with Gasteiger partial charge in [0.1, 0.15) is 0 Å². The predicted molar refractivity (Wildman–Crippen MR) is 109 cm³/mol. The van der Waals surface area contributed by atoms with Crippen LogP contribution in [0.1, 0.15) is 24.3 Å². The van der Waals surface area contributed by atoms with Crippen LogP contribution in [0.5, 0.6) is 0 Å². The Morgan fingerprint density at radius 1 is 1.22 bits per heavy atom. The molecule has 9 heteroatoms. The Kier molecular flexibility index (Phi) is 5.95. The van der Waals surface area contributed by atoms with Gasteiger partial charge in [0, 0.05) is 33.4 Å². The Bertz CT molecular complexity index is 1020. The Balaban J connectivity index is 1.86. The first-order valence-electron chi connectivity index (χ1n) is 8.22. The molecule has 0 saturated carbocycles. The van der Waals surface area contributed by atoms with E-state index in [1.54, 1.807) is 32.1 Å². The summed E-state index contributed by atoms with van der Waals surface area (Å²) < 4.78 is 32.6. The lowest BCUT2D eigenvalue weighted by atomic mass is 10.2. The van der Waals surface area contributed by atoms with Crippen LogP contribution in [0.3, 0.4) is 0 Å². The maximum absolute atomic E-state index is 12.5. The first-order chi connectivity index (χ1) is 12.8. The molecule has 1 aliphatic heterocycles. The zero-order chi connectivity index (χ0) is 19.6. The Hall–Kier alpha value is -1.81. The maximum Gasteiger partial charge on any atom is 0.363 e. The molecule has 6 nitrogen and oxygen atoms in total. The molecule has 1 aliphatic rings. The number of hydrogen-bond acceptors (Lipinski definition) is 6. The standard InChI is InChI=1S/C18H17BrN2O4S2/c1-3-21(4-2)27(23,24)15-7-5-12(6-8-15)17-20-16(18(22)25-17)10-14-9-13(19)11-26-14/h5-11H,3-4H2,1-2H3/b16-10-. The Morgan fingerprint density at radius 2 is 1.89 bits per heavy atom. The van der Waals surface area contributed by atoms with Crippen molar-refractivity contribution < 1.29 is 17.9 Å². The number of aliphatic imine (C=N–C) groups is 1. The van der Waals surface area contributed by atoms with E-state index in [4.69, 9.17) is 4.74 Å². The van der Waals surface area contributed by atoms with E-state index in [0.717, 1.165) is 9.35 Å². The van der Waals surface area contributed by atoms with Gasteiger partial charge in [-0.25, -0.2) is 18.2 Å². The van der Waals surface area contributed by atoms with Gasteiger partial charge in [0.15, 0.2) is 5.70 Å². The van der Waals surface area contributed by atoms with Crippen molar-refractivity contribution >= 4 is 55.2 Å². The zero-order valence-corrected chi connectivity index (χ0v) is 17.9. The fraction of sp³-hybridized carbons (Fsp3) is 0.222. The van der Waals surface area contributed by atoms with Gasteiger partial charge in [-0.3, -0.25) is 0 Å². The van der Waals surface area contributed by atoms with Crippen LogP contribution in [0.4, 0.5) is 0 Å². The number of nitrogens with zero attached hydrogens (tertiary/aromatic N) is 2. The fourth-order valence-corrected chi connectivity index (χ4v) is 5.38. The van der Waals surface area contributed by atoms with E-state index in [1.807, 2.05) is 11.4 Å². The van der Waals surface area contributed by atoms with Crippen molar-refractivity contribution in [2.75, 3.05) is 13.1 Å². The minimum absolute atomic E-state index is 0.161. The van der Waals surface area contributed by atoms with Crippen LogP contribution < -0.4 is 0 Å². The lowest BCUT2D eigenvalue weighted by molar-refractivity contribution is -0.129. The lowest BCUT2D eigenvalue weighted by Crippen LogP contribution is -2.30. The van der Waals surface area contributed by atoms with Crippen molar-refractivity contribution in [3.8, 4) is 0 Å². The summed E-state index contributed by atoms with van der Waals surface area (Å²) in [5, 5.41) is 1.91. The number of halogens is 1. The smallest absolute Gasteiger partial charge is 0.363 e. The number of cyclic esters (lactones) is 1. The van der Waals surface area contributed by atoms with Crippen molar-refractivity contribution in [2.24, 2.45) is 4.99 Å². The van der Waals surface area contributed by atoms with E-state index in [9.17, 15) is 13.2 Å². The summed E-state index contributed by atoms with van der Waals surface area (Å²) in [6.45, 7) is 4.39. The third-order valence-electron chi connectivity index (χ3n) is 3.93. The molecule has 3 rings (SSSR count). The average Bonchev–Trinajstić information content (AvgIpc) is 3.22. The monoisotopic (exact) mass is 468 g/mol. The third-order valence-corrected chi connectivity index (χ3v) is 7.64. The molecule has 0 fully saturated rings. The van der Waals surface area contributed by atoms with Gasteiger partial charge in [-0.05, 0) is 52.3 Å². The summed E-state index contributed by atoms with van der Waals surface area (Å²) in [7, 11) is -3.53. The highest BCUT2D eigenvalue weighted by Crippen LogP contribution is 2.25. The minimum atomic E-state index is -3.53. The van der Waals surface area contributed by atoms with Crippen molar-refractivity contribution in [1.29, 1.82) is 0 Å². The van der Waals surface area contributed by atoms with E-state index in [2.05, 4.69) is 20.9 Å². The van der Waals surface area contributed by atoms with Crippen molar-refractivity contribution in [3.63, 3.8) is 0 Å². The predicted octanol–water partition coefficient (Wildman–Crippen LogP) is 3.89. The molecule has 1 aromatic heterocycles. The Morgan fingerprint density at radius 3 is 2.44 bits per heavy atom. The van der Waals surface area contributed by atoms with Crippen LogP contribution in [-0.4, -0.2) is 37.7 Å². The second-order valence-electron chi connectivity index (χ2n) is 5.62. The highest BCUT2D eigenvalue weighted by molar-refractivity contribution is 9.10. The molecule has 2 heterocycles. The van der Waals surface area contributed by atoms with Crippen LogP contribution in [0.15, 0.2) is 55.8 Å². The van der Waals surface area contributed by atoms with Gasteiger partial charge in [0.05, 0.1) is 4.90 Å². The summed E-state index contributed by atoms with van der Waals surface area (Å²) in [5.41, 5.74) is 0.747. The molecule has 0 amide bonds. The van der Waals surface area contributed by atoms with Crippen LogP contribution in [0, 0.1) is 0 Å². The molecule has 2 aromatic rings. The van der Waals surface area contributed by atoms with E-state index >= 15 is 0 Å². The molecule has 0 N–H and O–H groups in total. The quantitative estimate of drug-likeness (QED) is 0.475. The number of rotatable bonds is 6. The summed E-state index contributed by atoms with van der Waals surface area (Å²) in [6, 6.07) is 8.06. The number of carbonyl (C=O) groups excluding carboxylic acids is 1. The van der Waals surface area contributed by atoms with Gasteiger partial charge >= 0.3 is 5.97 Å². The fourth-order valence-electron chi connectivity index (χ4n) is 2.55. The summed E-state index contributed by atoms with van der Waals surface area (Å²) in [6.07, 6.45) is 1.66. The van der Waals surface area contributed by atoms with Gasteiger partial charge in [-0.1, -0.05) is 13.8 Å². The van der Waals surface area contributed by atoms with Gasteiger partial charge in [0.25, 0.3) is 0 Å². The summed E-state index contributed by atoms with van der Waals surface area (Å²) in [4.78, 5) is 17.4. The van der Waals surface area contributed by atoms with Crippen molar-refractivity contribution in [3.05, 3.63) is 56.3 Å². The van der Waals surface area contributed by atoms with Gasteiger partial charge in [-0.15, -0.1) is 11.3 Å². The Labute approximate surface area is 170 Å². The normalized spacial score (nSPS) is 16.1. The first-order valence-corrected chi connectivity index (χ1v) is 11.3. The van der Waals surface area contributed by atoms with E-state index in [0.29, 0.717) is 18.7 Å². The highest BCUT2D eigenvalue weighted by Gasteiger charge is 2.26. The van der Waals surface area contributed by atoms with Crippen LogP contribution >= 0.6 is 27.3 Å². The molecule has 0 bridgehead atoms. The number of benzene rings is 1.